The van der Waals surface area contributed by atoms with Gasteiger partial charge >= 0.3 is 6.09 Å². The lowest BCUT2D eigenvalue weighted by atomic mass is 10.1. The van der Waals surface area contributed by atoms with E-state index in [0.717, 1.165) is 22.0 Å². The number of halogens is 1. The Bertz CT molecular complexity index is 947. The van der Waals surface area contributed by atoms with E-state index in [1.807, 2.05) is 55.5 Å². The molecule has 0 aliphatic carbocycles. The zero-order valence-corrected chi connectivity index (χ0v) is 19.9. The van der Waals surface area contributed by atoms with Crippen molar-refractivity contribution in [3.8, 4) is 11.1 Å². The molecule has 8 heteroatoms. The Kier molecular flexibility index (Phi) is 8.27. The minimum absolute atomic E-state index is 0.0583. The SMILES string of the molecule is COC(=O)NCC(C)CC(=O)N1CCCC1C(=O)Nc1ccc(-c2ccc(Br)cc2)cc1. The first-order chi connectivity index (χ1) is 15.4. The number of nitrogens with zero attached hydrogens (tertiary/aromatic N) is 1. The highest BCUT2D eigenvalue weighted by molar-refractivity contribution is 9.10. The highest BCUT2D eigenvalue weighted by atomic mass is 79.9. The summed E-state index contributed by atoms with van der Waals surface area (Å²) < 4.78 is 5.57. The van der Waals surface area contributed by atoms with Crippen molar-refractivity contribution in [2.24, 2.45) is 5.92 Å². The molecule has 1 aliphatic heterocycles. The number of hydrogen-bond donors (Lipinski definition) is 2. The van der Waals surface area contributed by atoms with Crippen molar-refractivity contribution in [2.75, 3.05) is 25.5 Å². The fourth-order valence-corrected chi connectivity index (χ4v) is 4.03. The fraction of sp³-hybridized carbons (Fsp3) is 0.375. The summed E-state index contributed by atoms with van der Waals surface area (Å²) in [6.45, 7) is 2.79. The molecule has 7 nitrogen and oxygen atoms in total. The van der Waals surface area contributed by atoms with Crippen LogP contribution in [-0.4, -0.2) is 49.0 Å². The first-order valence-corrected chi connectivity index (χ1v) is 11.4. The molecular weight excluding hydrogens is 474 g/mol. The number of carbonyl (C=O) groups excluding carboxylic acids is 3. The normalized spacial score (nSPS) is 16.3. The maximum atomic E-state index is 12.9. The zero-order chi connectivity index (χ0) is 23.1. The molecule has 3 rings (SSSR count). The fourth-order valence-electron chi connectivity index (χ4n) is 3.77. The highest BCUT2D eigenvalue weighted by Crippen LogP contribution is 2.25. The van der Waals surface area contributed by atoms with Crippen LogP contribution in [0.25, 0.3) is 11.1 Å². The molecule has 1 saturated heterocycles. The third kappa shape index (κ3) is 6.32. The number of ether oxygens (including phenoxy) is 1. The summed E-state index contributed by atoms with van der Waals surface area (Å²) in [5.74, 6) is -0.308. The predicted molar refractivity (Wildman–Crippen MR) is 127 cm³/mol. The molecule has 0 saturated carbocycles. The van der Waals surface area contributed by atoms with Gasteiger partial charge in [0.15, 0.2) is 0 Å². The van der Waals surface area contributed by atoms with Crippen LogP contribution in [0.5, 0.6) is 0 Å². The van der Waals surface area contributed by atoms with E-state index < -0.39 is 12.1 Å². The highest BCUT2D eigenvalue weighted by Gasteiger charge is 2.34. The van der Waals surface area contributed by atoms with Gasteiger partial charge in [0, 0.05) is 29.7 Å². The maximum Gasteiger partial charge on any atom is 0.406 e. The van der Waals surface area contributed by atoms with E-state index in [9.17, 15) is 14.4 Å². The van der Waals surface area contributed by atoms with E-state index in [-0.39, 0.29) is 24.2 Å². The Morgan fingerprint density at radius 2 is 1.72 bits per heavy atom. The van der Waals surface area contributed by atoms with Crippen LogP contribution in [0.1, 0.15) is 26.2 Å². The second-order valence-electron chi connectivity index (χ2n) is 8.00. The van der Waals surface area contributed by atoms with Gasteiger partial charge < -0.3 is 20.3 Å². The monoisotopic (exact) mass is 501 g/mol. The number of likely N-dealkylation sites (tertiary alicyclic amines) is 1. The van der Waals surface area contributed by atoms with Gasteiger partial charge in [0.1, 0.15) is 6.04 Å². The Balaban J connectivity index is 1.56. The topological polar surface area (TPSA) is 87.7 Å². The first kappa shape index (κ1) is 23.8. The van der Waals surface area contributed by atoms with Crippen molar-refractivity contribution in [1.29, 1.82) is 0 Å². The molecule has 2 N–H and O–H groups in total. The van der Waals surface area contributed by atoms with Gasteiger partial charge in [-0.3, -0.25) is 9.59 Å². The number of methoxy groups -OCH3 is 1. The minimum Gasteiger partial charge on any atom is -0.453 e. The molecule has 2 atom stereocenters. The number of carbonyl (C=O) groups is 3. The Morgan fingerprint density at radius 3 is 2.34 bits per heavy atom. The number of anilines is 1. The van der Waals surface area contributed by atoms with Gasteiger partial charge in [-0.05, 0) is 54.2 Å². The third-order valence-electron chi connectivity index (χ3n) is 5.51. The van der Waals surface area contributed by atoms with Gasteiger partial charge in [0.05, 0.1) is 7.11 Å². The van der Waals surface area contributed by atoms with Crippen LogP contribution in [0.3, 0.4) is 0 Å². The lowest BCUT2D eigenvalue weighted by Crippen LogP contribution is -2.44. The second kappa shape index (κ2) is 11.1. The first-order valence-electron chi connectivity index (χ1n) is 10.7. The quantitative estimate of drug-likeness (QED) is 0.587. The average Bonchev–Trinajstić information content (AvgIpc) is 3.29. The van der Waals surface area contributed by atoms with Crippen LogP contribution < -0.4 is 10.6 Å². The molecule has 1 aliphatic rings. The number of nitrogens with one attached hydrogen (secondary N) is 2. The minimum atomic E-state index is -0.520. The van der Waals surface area contributed by atoms with Crippen LogP contribution in [0.2, 0.25) is 0 Å². The van der Waals surface area contributed by atoms with Crippen molar-refractivity contribution >= 4 is 39.5 Å². The van der Waals surface area contributed by atoms with Crippen LogP contribution in [0.15, 0.2) is 53.0 Å². The van der Waals surface area contributed by atoms with Gasteiger partial charge in [0.2, 0.25) is 11.8 Å². The lowest BCUT2D eigenvalue weighted by molar-refractivity contribution is -0.137. The third-order valence-corrected chi connectivity index (χ3v) is 6.04. The molecule has 2 aromatic carbocycles. The largest absolute Gasteiger partial charge is 0.453 e. The molecule has 2 aromatic rings. The van der Waals surface area contributed by atoms with Crippen molar-refractivity contribution in [3.63, 3.8) is 0 Å². The van der Waals surface area contributed by atoms with Crippen molar-refractivity contribution in [3.05, 3.63) is 53.0 Å². The number of benzene rings is 2. The molecule has 3 amide bonds. The molecule has 1 heterocycles. The molecule has 32 heavy (non-hydrogen) atoms. The van der Waals surface area contributed by atoms with E-state index in [1.165, 1.54) is 7.11 Å². The summed E-state index contributed by atoms with van der Waals surface area (Å²) in [4.78, 5) is 38.5. The lowest BCUT2D eigenvalue weighted by Gasteiger charge is -2.25. The molecule has 2 unspecified atom stereocenters. The summed E-state index contributed by atoms with van der Waals surface area (Å²) in [5.41, 5.74) is 2.85. The maximum absolute atomic E-state index is 12.9. The molecule has 1 fully saturated rings. The summed E-state index contributed by atoms with van der Waals surface area (Å²) >= 11 is 3.44. The van der Waals surface area contributed by atoms with E-state index in [4.69, 9.17) is 0 Å². The summed E-state index contributed by atoms with van der Waals surface area (Å²) in [7, 11) is 1.30. The van der Waals surface area contributed by atoms with E-state index >= 15 is 0 Å². The van der Waals surface area contributed by atoms with E-state index in [2.05, 4.69) is 31.3 Å². The predicted octanol–water partition coefficient (Wildman–Crippen LogP) is 4.43. The second-order valence-corrected chi connectivity index (χ2v) is 8.92. The molecule has 170 valence electrons. The van der Waals surface area contributed by atoms with Crippen LogP contribution in [0, 0.1) is 5.92 Å². The molecule has 0 bridgehead atoms. The van der Waals surface area contributed by atoms with Gasteiger partial charge in [-0.2, -0.15) is 0 Å². The molecule has 0 radical (unpaired) electrons. The van der Waals surface area contributed by atoms with E-state index in [0.29, 0.717) is 25.2 Å². The Labute approximate surface area is 196 Å². The summed E-state index contributed by atoms with van der Waals surface area (Å²) in [5, 5.41) is 5.54. The van der Waals surface area contributed by atoms with Crippen molar-refractivity contribution < 1.29 is 19.1 Å². The van der Waals surface area contributed by atoms with Gasteiger partial charge in [-0.15, -0.1) is 0 Å². The number of hydrogen-bond acceptors (Lipinski definition) is 4. The number of rotatable bonds is 7. The standard InChI is InChI=1S/C24H28BrN3O4/c1-16(15-26-24(31)32-2)14-22(29)28-13-3-4-21(28)23(30)27-20-11-7-18(8-12-20)17-5-9-19(25)10-6-17/h5-12,16,21H,3-4,13-15H2,1-2H3,(H,26,31)(H,27,30). The smallest absolute Gasteiger partial charge is 0.406 e. The van der Waals surface area contributed by atoms with Gasteiger partial charge in [-0.1, -0.05) is 47.1 Å². The van der Waals surface area contributed by atoms with Gasteiger partial charge in [0.25, 0.3) is 0 Å². The average molecular weight is 502 g/mol. The van der Waals surface area contributed by atoms with Crippen LogP contribution >= 0.6 is 15.9 Å². The Hall–Kier alpha value is -2.87. The summed E-state index contributed by atoms with van der Waals surface area (Å²) in [6.07, 6.45) is 1.18. The summed E-state index contributed by atoms with van der Waals surface area (Å²) in [6, 6.07) is 15.2. The Morgan fingerprint density at radius 1 is 1.09 bits per heavy atom. The molecule has 0 aromatic heterocycles. The van der Waals surface area contributed by atoms with Crippen molar-refractivity contribution in [1.82, 2.24) is 10.2 Å². The van der Waals surface area contributed by atoms with E-state index in [1.54, 1.807) is 4.90 Å². The molecule has 0 spiro atoms. The van der Waals surface area contributed by atoms with Crippen LogP contribution in [0.4, 0.5) is 10.5 Å². The van der Waals surface area contributed by atoms with Crippen LogP contribution in [-0.2, 0) is 14.3 Å². The van der Waals surface area contributed by atoms with Gasteiger partial charge in [-0.25, -0.2) is 4.79 Å². The van der Waals surface area contributed by atoms with Crippen molar-refractivity contribution in [2.45, 2.75) is 32.2 Å². The zero-order valence-electron chi connectivity index (χ0n) is 18.3. The number of amides is 3. The number of alkyl carbamates (subject to hydrolysis) is 1. The molecular formula is C24H28BrN3O4.